The highest BCUT2D eigenvalue weighted by Gasteiger charge is 2.23. The van der Waals surface area contributed by atoms with Crippen molar-refractivity contribution in [2.75, 3.05) is 38.7 Å². The van der Waals surface area contributed by atoms with Gasteiger partial charge in [0.05, 0.1) is 11.3 Å². The van der Waals surface area contributed by atoms with Crippen LogP contribution in [0.25, 0.3) is 10.2 Å². The molecule has 0 aliphatic carbocycles. The summed E-state index contributed by atoms with van der Waals surface area (Å²) in [5.74, 6) is -1.83. The Hall–Kier alpha value is -2.58. The van der Waals surface area contributed by atoms with Crippen LogP contribution in [0.5, 0.6) is 5.75 Å². The van der Waals surface area contributed by atoms with E-state index < -0.39 is 17.5 Å². The van der Waals surface area contributed by atoms with Gasteiger partial charge in [-0.2, -0.15) is 0 Å². The molecule has 148 valence electrons. The van der Waals surface area contributed by atoms with Crippen LogP contribution in [0.1, 0.15) is 17.3 Å². The van der Waals surface area contributed by atoms with Crippen molar-refractivity contribution in [1.29, 1.82) is 0 Å². The quantitative estimate of drug-likeness (QED) is 0.592. The zero-order valence-corrected chi connectivity index (χ0v) is 16.7. The summed E-state index contributed by atoms with van der Waals surface area (Å²) >= 11 is 1.36. The molecule has 0 unspecified atom stereocenters. The van der Waals surface area contributed by atoms with Crippen LogP contribution in [0.15, 0.2) is 36.4 Å². The van der Waals surface area contributed by atoms with E-state index >= 15 is 0 Å². The Morgan fingerprint density at radius 3 is 2.61 bits per heavy atom. The second-order valence-electron chi connectivity index (χ2n) is 6.42. The van der Waals surface area contributed by atoms with E-state index in [2.05, 4.69) is 4.98 Å². The lowest BCUT2D eigenvalue weighted by atomic mass is 10.2. The molecule has 3 aromatic rings. The molecule has 1 aromatic heterocycles. The smallest absolute Gasteiger partial charge is 0.260 e. The molecule has 0 fully saturated rings. The number of carbonyl (C=O) groups excluding carboxylic acids is 1. The number of thiazole rings is 1. The zero-order valence-electron chi connectivity index (χ0n) is 15.9. The first-order valence-corrected chi connectivity index (χ1v) is 9.66. The number of likely N-dealkylation sites (N-methyl/N-ethyl adjacent to an activating group) is 1. The van der Waals surface area contributed by atoms with Gasteiger partial charge in [-0.05, 0) is 51.4 Å². The highest BCUT2D eigenvalue weighted by Crippen LogP contribution is 2.34. The number of nitrogens with zero attached hydrogens (tertiary/aromatic N) is 3. The number of hydrogen-bond acceptors (Lipinski definition) is 5. The molecule has 0 saturated carbocycles. The molecule has 2 aromatic carbocycles. The summed E-state index contributed by atoms with van der Waals surface area (Å²) in [6.07, 6.45) is 0. The fraction of sp³-hybridized carbons (Fsp3) is 0.300. The van der Waals surface area contributed by atoms with Gasteiger partial charge < -0.3 is 9.64 Å². The predicted molar refractivity (Wildman–Crippen MR) is 107 cm³/mol. The van der Waals surface area contributed by atoms with Gasteiger partial charge in [-0.25, -0.2) is 13.8 Å². The molecule has 0 aliphatic rings. The van der Waals surface area contributed by atoms with Crippen molar-refractivity contribution in [3.63, 3.8) is 0 Å². The van der Waals surface area contributed by atoms with Gasteiger partial charge in [0.25, 0.3) is 5.91 Å². The minimum absolute atomic E-state index is 0.0712. The summed E-state index contributed by atoms with van der Waals surface area (Å²) < 4.78 is 33.4. The number of fused-ring (bicyclic) bond motifs is 1. The Kier molecular flexibility index (Phi) is 6.21. The molecular formula is C20H21F2N3O2S. The standard InChI is InChI=1S/C20H21F2N3O2S/c1-4-27-16-6-5-7-17-18(16)23-20(28-17)25(11-10-24(2)3)19(26)13-8-9-14(21)15(22)12-13/h5-9,12H,4,10-11H2,1-3H3. The van der Waals surface area contributed by atoms with Gasteiger partial charge in [0, 0.05) is 18.7 Å². The van der Waals surface area contributed by atoms with E-state index in [4.69, 9.17) is 4.74 Å². The molecule has 0 aliphatic heterocycles. The number of benzene rings is 2. The van der Waals surface area contributed by atoms with Gasteiger partial charge in [-0.15, -0.1) is 0 Å². The Morgan fingerprint density at radius 2 is 1.93 bits per heavy atom. The van der Waals surface area contributed by atoms with Crippen LogP contribution in [-0.2, 0) is 0 Å². The third kappa shape index (κ3) is 4.28. The second kappa shape index (κ2) is 8.62. The van der Waals surface area contributed by atoms with Crippen LogP contribution in [-0.4, -0.2) is 49.6 Å². The number of halogens is 2. The van der Waals surface area contributed by atoms with E-state index in [-0.39, 0.29) is 5.56 Å². The average molecular weight is 405 g/mol. The lowest BCUT2D eigenvalue weighted by molar-refractivity contribution is 0.0984. The van der Waals surface area contributed by atoms with Crippen molar-refractivity contribution in [3.05, 3.63) is 53.6 Å². The van der Waals surface area contributed by atoms with Crippen molar-refractivity contribution in [2.45, 2.75) is 6.92 Å². The molecule has 1 heterocycles. The van der Waals surface area contributed by atoms with Crippen LogP contribution in [0.2, 0.25) is 0 Å². The van der Waals surface area contributed by atoms with Crippen molar-refractivity contribution >= 4 is 32.6 Å². The van der Waals surface area contributed by atoms with E-state index in [1.165, 1.54) is 22.3 Å². The largest absolute Gasteiger partial charge is 0.492 e. The minimum atomic E-state index is -1.05. The number of rotatable bonds is 7. The van der Waals surface area contributed by atoms with Crippen LogP contribution in [0, 0.1) is 11.6 Å². The fourth-order valence-electron chi connectivity index (χ4n) is 2.67. The van der Waals surface area contributed by atoms with Crippen LogP contribution in [0.4, 0.5) is 13.9 Å². The summed E-state index contributed by atoms with van der Waals surface area (Å²) in [5.41, 5.74) is 0.749. The predicted octanol–water partition coefficient (Wildman–Crippen LogP) is 4.18. The lowest BCUT2D eigenvalue weighted by Gasteiger charge is -2.22. The van der Waals surface area contributed by atoms with Crippen molar-refractivity contribution in [3.8, 4) is 5.75 Å². The first-order chi connectivity index (χ1) is 13.4. The van der Waals surface area contributed by atoms with Crippen molar-refractivity contribution in [2.24, 2.45) is 0 Å². The SMILES string of the molecule is CCOc1cccc2sc(N(CCN(C)C)C(=O)c3ccc(F)c(F)c3)nc12. The summed E-state index contributed by atoms with van der Waals surface area (Å²) in [4.78, 5) is 21.1. The Balaban J connectivity index is 2.01. The monoisotopic (exact) mass is 405 g/mol. The van der Waals surface area contributed by atoms with E-state index in [9.17, 15) is 13.6 Å². The third-order valence-electron chi connectivity index (χ3n) is 4.08. The third-order valence-corrected chi connectivity index (χ3v) is 5.13. The van der Waals surface area contributed by atoms with Crippen molar-refractivity contribution in [1.82, 2.24) is 9.88 Å². The molecule has 0 spiro atoms. The minimum Gasteiger partial charge on any atom is -0.492 e. The van der Waals surface area contributed by atoms with Gasteiger partial charge in [0.2, 0.25) is 0 Å². The van der Waals surface area contributed by atoms with E-state index in [1.807, 2.05) is 44.1 Å². The van der Waals surface area contributed by atoms with Gasteiger partial charge in [-0.3, -0.25) is 9.69 Å². The van der Waals surface area contributed by atoms with Gasteiger partial charge in [0.1, 0.15) is 11.3 Å². The highest BCUT2D eigenvalue weighted by atomic mass is 32.1. The van der Waals surface area contributed by atoms with Gasteiger partial charge in [0.15, 0.2) is 16.8 Å². The number of para-hydroxylation sites is 1. The van der Waals surface area contributed by atoms with E-state index in [0.29, 0.717) is 36.1 Å². The molecule has 0 radical (unpaired) electrons. The molecule has 3 rings (SSSR count). The number of carbonyl (C=O) groups is 1. The Morgan fingerprint density at radius 1 is 1.14 bits per heavy atom. The summed E-state index contributed by atoms with van der Waals surface area (Å²) in [6.45, 7) is 3.34. The van der Waals surface area contributed by atoms with Crippen LogP contribution in [0.3, 0.4) is 0 Å². The van der Waals surface area contributed by atoms with Gasteiger partial charge >= 0.3 is 0 Å². The molecule has 1 amide bonds. The zero-order chi connectivity index (χ0) is 20.3. The highest BCUT2D eigenvalue weighted by molar-refractivity contribution is 7.22. The van der Waals surface area contributed by atoms with Gasteiger partial charge in [-0.1, -0.05) is 17.4 Å². The summed E-state index contributed by atoms with van der Waals surface area (Å²) in [5, 5.41) is 0.485. The maximum absolute atomic E-state index is 13.6. The van der Waals surface area contributed by atoms with E-state index in [1.54, 1.807) is 0 Å². The normalized spacial score (nSPS) is 11.2. The number of ether oxygens (including phenoxy) is 1. The van der Waals surface area contributed by atoms with Crippen molar-refractivity contribution < 1.29 is 18.3 Å². The Bertz CT molecular complexity index is 991. The van der Waals surface area contributed by atoms with E-state index in [0.717, 1.165) is 16.8 Å². The molecule has 8 heteroatoms. The summed E-state index contributed by atoms with van der Waals surface area (Å²) in [6, 6.07) is 8.76. The number of anilines is 1. The molecule has 5 nitrogen and oxygen atoms in total. The fourth-order valence-corrected chi connectivity index (χ4v) is 3.68. The molecule has 0 bridgehead atoms. The molecular weight excluding hydrogens is 384 g/mol. The maximum atomic E-state index is 13.6. The Labute approximate surface area is 166 Å². The lowest BCUT2D eigenvalue weighted by Crippen LogP contribution is -2.36. The summed E-state index contributed by atoms with van der Waals surface area (Å²) in [7, 11) is 3.79. The number of aromatic nitrogens is 1. The molecule has 28 heavy (non-hydrogen) atoms. The molecule has 0 saturated heterocycles. The first-order valence-electron chi connectivity index (χ1n) is 8.84. The number of hydrogen-bond donors (Lipinski definition) is 0. The van der Waals surface area contributed by atoms with Crippen LogP contribution >= 0.6 is 11.3 Å². The van der Waals surface area contributed by atoms with Crippen LogP contribution < -0.4 is 9.64 Å². The molecule has 0 N–H and O–H groups in total. The second-order valence-corrected chi connectivity index (χ2v) is 7.43. The topological polar surface area (TPSA) is 45.7 Å². The number of amides is 1. The molecule has 0 atom stereocenters. The first kappa shape index (κ1) is 20.2. The average Bonchev–Trinajstić information content (AvgIpc) is 3.09. The maximum Gasteiger partial charge on any atom is 0.260 e.